The van der Waals surface area contributed by atoms with Crippen LogP contribution in [0.2, 0.25) is 0 Å². The molecule has 5 nitrogen and oxygen atoms in total. The predicted octanol–water partition coefficient (Wildman–Crippen LogP) is 1.63. The maximum atomic E-state index is 12.0. The molecule has 1 rings (SSSR count). The van der Waals surface area contributed by atoms with Gasteiger partial charge >= 0.3 is 5.97 Å². The minimum atomic E-state index is -1.02. The average molecular weight is 250 g/mol. The Morgan fingerprint density at radius 2 is 1.89 bits per heavy atom. The lowest BCUT2D eigenvalue weighted by Crippen LogP contribution is -2.48. The van der Waals surface area contributed by atoms with E-state index < -0.39 is 11.5 Å². The lowest BCUT2D eigenvalue weighted by molar-refractivity contribution is -0.121. The van der Waals surface area contributed by atoms with Crippen molar-refractivity contribution in [3.8, 4) is 0 Å². The summed E-state index contributed by atoms with van der Waals surface area (Å²) in [5.74, 6) is -1.23. The molecule has 0 saturated heterocycles. The molecule has 3 N–H and O–H groups in total. The highest BCUT2D eigenvalue weighted by molar-refractivity contribution is 5.99. The van der Waals surface area contributed by atoms with Crippen molar-refractivity contribution in [3.63, 3.8) is 0 Å². The zero-order valence-corrected chi connectivity index (χ0v) is 11.0. The molecule has 5 heteroatoms. The maximum Gasteiger partial charge on any atom is 0.335 e. The van der Waals surface area contributed by atoms with Gasteiger partial charge in [-0.15, -0.1) is 0 Å². The summed E-state index contributed by atoms with van der Waals surface area (Å²) in [5.41, 5.74) is 0.771. The number of aromatic carboxylic acids is 1. The summed E-state index contributed by atoms with van der Waals surface area (Å²) >= 11 is 0. The highest BCUT2D eigenvalue weighted by Gasteiger charge is 2.25. The normalized spacial score (nSPS) is 11.1. The molecule has 0 fully saturated rings. The molecule has 0 aliphatic carbocycles. The fourth-order valence-corrected chi connectivity index (χ4v) is 1.28. The first-order valence-electron chi connectivity index (χ1n) is 5.62. The molecular weight excluding hydrogens is 232 g/mol. The van der Waals surface area contributed by atoms with Gasteiger partial charge in [0.1, 0.15) is 0 Å². The van der Waals surface area contributed by atoms with Gasteiger partial charge in [-0.05, 0) is 45.5 Å². The Hall–Kier alpha value is -1.88. The first-order valence-corrected chi connectivity index (χ1v) is 5.62. The molecule has 1 amide bonds. The van der Waals surface area contributed by atoms with Gasteiger partial charge in [0.15, 0.2) is 0 Å². The number of carboxylic acid groups (broad SMARTS) is 1. The summed E-state index contributed by atoms with van der Waals surface area (Å²) < 4.78 is 0. The number of carbonyl (C=O) groups is 2. The fraction of sp³-hybridized carbons (Fsp3) is 0.385. The van der Waals surface area contributed by atoms with Gasteiger partial charge in [0, 0.05) is 5.69 Å². The van der Waals surface area contributed by atoms with Gasteiger partial charge in [0.2, 0.25) is 5.91 Å². The number of amides is 1. The molecule has 18 heavy (non-hydrogen) atoms. The van der Waals surface area contributed by atoms with Crippen molar-refractivity contribution in [1.82, 2.24) is 5.32 Å². The third kappa shape index (κ3) is 3.07. The monoisotopic (exact) mass is 250 g/mol. The average Bonchev–Trinajstić information content (AvgIpc) is 2.31. The first kappa shape index (κ1) is 14.2. The minimum absolute atomic E-state index is 0.151. The van der Waals surface area contributed by atoms with Gasteiger partial charge in [-0.1, -0.05) is 6.07 Å². The number of anilines is 1. The van der Waals surface area contributed by atoms with E-state index in [1.807, 2.05) is 6.92 Å². The molecule has 0 bridgehead atoms. The third-order valence-corrected chi connectivity index (χ3v) is 2.93. The van der Waals surface area contributed by atoms with Crippen molar-refractivity contribution in [2.45, 2.75) is 26.3 Å². The molecule has 98 valence electrons. The number of likely N-dealkylation sites (N-methyl/N-ethyl adjacent to an activating group) is 1. The van der Waals surface area contributed by atoms with E-state index in [0.717, 1.165) is 5.56 Å². The molecule has 0 heterocycles. The molecular formula is C13H18N2O3. The summed E-state index contributed by atoms with van der Waals surface area (Å²) in [6.45, 7) is 5.31. The lowest BCUT2D eigenvalue weighted by Gasteiger charge is -2.23. The van der Waals surface area contributed by atoms with E-state index >= 15 is 0 Å². The molecule has 0 radical (unpaired) electrons. The number of carbonyl (C=O) groups excluding carboxylic acids is 1. The number of carboxylic acids is 1. The van der Waals surface area contributed by atoms with Crippen molar-refractivity contribution in [2.24, 2.45) is 0 Å². The molecule has 0 spiro atoms. The van der Waals surface area contributed by atoms with Crippen molar-refractivity contribution in [1.29, 1.82) is 0 Å². The van der Waals surface area contributed by atoms with E-state index in [-0.39, 0.29) is 11.5 Å². The molecule has 0 saturated carbocycles. The number of nitrogens with one attached hydrogen (secondary N) is 2. The van der Waals surface area contributed by atoms with Crippen LogP contribution in [0.25, 0.3) is 0 Å². The van der Waals surface area contributed by atoms with Gasteiger partial charge < -0.3 is 15.7 Å². The second-order valence-electron chi connectivity index (χ2n) is 4.66. The van der Waals surface area contributed by atoms with Crippen molar-refractivity contribution in [2.75, 3.05) is 12.4 Å². The molecule has 0 atom stereocenters. The van der Waals surface area contributed by atoms with Crippen LogP contribution in [0.4, 0.5) is 5.69 Å². The van der Waals surface area contributed by atoms with Crippen molar-refractivity contribution >= 4 is 17.6 Å². The van der Waals surface area contributed by atoms with Crippen LogP contribution in [0.15, 0.2) is 18.2 Å². The van der Waals surface area contributed by atoms with Crippen LogP contribution in [-0.4, -0.2) is 29.6 Å². The van der Waals surface area contributed by atoms with E-state index in [9.17, 15) is 9.59 Å². The highest BCUT2D eigenvalue weighted by Crippen LogP contribution is 2.18. The van der Waals surface area contributed by atoms with Crippen LogP contribution in [0.5, 0.6) is 0 Å². The topological polar surface area (TPSA) is 78.4 Å². The first-order chi connectivity index (χ1) is 8.27. The summed E-state index contributed by atoms with van der Waals surface area (Å²) in [6, 6.07) is 4.64. The zero-order valence-electron chi connectivity index (χ0n) is 11.0. The smallest absolute Gasteiger partial charge is 0.335 e. The van der Waals surface area contributed by atoms with E-state index in [4.69, 9.17) is 5.11 Å². The Kier molecular flexibility index (Phi) is 4.08. The Bertz CT molecular complexity index is 481. The third-order valence-electron chi connectivity index (χ3n) is 2.93. The Labute approximate surface area is 106 Å². The van der Waals surface area contributed by atoms with Crippen LogP contribution < -0.4 is 10.6 Å². The summed E-state index contributed by atoms with van der Waals surface area (Å²) in [4.78, 5) is 22.9. The zero-order chi connectivity index (χ0) is 13.9. The highest BCUT2D eigenvalue weighted by atomic mass is 16.4. The Morgan fingerprint density at radius 1 is 1.28 bits per heavy atom. The Morgan fingerprint density at radius 3 is 2.39 bits per heavy atom. The summed E-state index contributed by atoms with van der Waals surface area (Å²) in [5, 5.41) is 14.5. The fourth-order valence-electron chi connectivity index (χ4n) is 1.28. The predicted molar refractivity (Wildman–Crippen MR) is 69.9 cm³/mol. The van der Waals surface area contributed by atoms with Crippen LogP contribution >= 0.6 is 0 Å². The molecule has 1 aromatic carbocycles. The van der Waals surface area contributed by atoms with Gasteiger partial charge in [0.05, 0.1) is 11.1 Å². The summed E-state index contributed by atoms with van der Waals surface area (Å²) in [6.07, 6.45) is 0. The molecule has 0 aliphatic rings. The standard InChI is InChI=1S/C13H18N2O3/c1-8-5-6-9(11(16)17)7-10(8)15-12(18)13(2,3)14-4/h5-7,14H,1-4H3,(H,15,18)(H,16,17). The second-order valence-corrected chi connectivity index (χ2v) is 4.66. The number of hydrogen-bond donors (Lipinski definition) is 3. The number of benzene rings is 1. The van der Waals surface area contributed by atoms with E-state index in [2.05, 4.69) is 10.6 Å². The van der Waals surface area contributed by atoms with Gasteiger partial charge in [0.25, 0.3) is 0 Å². The molecule has 1 aromatic rings. The van der Waals surface area contributed by atoms with Crippen LogP contribution in [0.1, 0.15) is 29.8 Å². The van der Waals surface area contributed by atoms with Crippen molar-refractivity contribution in [3.05, 3.63) is 29.3 Å². The molecule has 0 aliphatic heterocycles. The number of rotatable bonds is 4. The van der Waals surface area contributed by atoms with Gasteiger partial charge in [-0.25, -0.2) is 4.79 Å². The number of aryl methyl sites for hydroxylation is 1. The molecule has 0 aromatic heterocycles. The van der Waals surface area contributed by atoms with Gasteiger partial charge in [-0.3, -0.25) is 4.79 Å². The largest absolute Gasteiger partial charge is 0.478 e. The van der Waals surface area contributed by atoms with Gasteiger partial charge in [-0.2, -0.15) is 0 Å². The SMILES string of the molecule is CNC(C)(C)C(=O)Nc1cc(C(=O)O)ccc1C. The van der Waals surface area contributed by atoms with Crippen LogP contribution in [-0.2, 0) is 4.79 Å². The van der Waals surface area contributed by atoms with Crippen LogP contribution in [0.3, 0.4) is 0 Å². The maximum absolute atomic E-state index is 12.0. The van der Waals surface area contributed by atoms with E-state index in [1.54, 1.807) is 27.0 Å². The quantitative estimate of drug-likeness (QED) is 0.759. The second kappa shape index (κ2) is 5.18. The van der Waals surface area contributed by atoms with Crippen LogP contribution in [0, 0.1) is 6.92 Å². The summed E-state index contributed by atoms with van der Waals surface area (Å²) in [7, 11) is 1.69. The molecule has 0 unspecified atom stereocenters. The lowest BCUT2D eigenvalue weighted by atomic mass is 10.0. The minimum Gasteiger partial charge on any atom is -0.478 e. The van der Waals surface area contributed by atoms with E-state index in [0.29, 0.717) is 5.69 Å². The number of hydrogen-bond acceptors (Lipinski definition) is 3. The van der Waals surface area contributed by atoms with E-state index in [1.165, 1.54) is 12.1 Å². The van der Waals surface area contributed by atoms with Crippen molar-refractivity contribution < 1.29 is 14.7 Å². The Balaban J connectivity index is 3.01.